The molecular formula is C13H20N2O2S. The van der Waals surface area contributed by atoms with E-state index in [2.05, 4.69) is 5.32 Å². The highest BCUT2D eigenvalue weighted by Gasteiger charge is 2.34. The van der Waals surface area contributed by atoms with E-state index in [1.54, 1.807) is 4.31 Å². The lowest BCUT2D eigenvalue weighted by Gasteiger charge is -2.24. The summed E-state index contributed by atoms with van der Waals surface area (Å²) in [6, 6.07) is 7.79. The third-order valence-electron chi connectivity index (χ3n) is 3.27. The average molecular weight is 268 g/mol. The van der Waals surface area contributed by atoms with Crippen molar-refractivity contribution < 1.29 is 8.42 Å². The molecule has 1 heterocycles. The van der Waals surface area contributed by atoms with Crippen LogP contribution in [0, 0.1) is 0 Å². The third-order valence-corrected chi connectivity index (χ3v) is 5.23. The summed E-state index contributed by atoms with van der Waals surface area (Å²) in [5, 5.41) is 2.98. The van der Waals surface area contributed by atoms with Crippen LogP contribution in [0.25, 0.3) is 0 Å². The molecule has 0 aromatic heterocycles. The van der Waals surface area contributed by atoms with Crippen LogP contribution in [0.5, 0.6) is 0 Å². The van der Waals surface area contributed by atoms with Crippen LogP contribution in [-0.4, -0.2) is 33.8 Å². The summed E-state index contributed by atoms with van der Waals surface area (Å²) in [6.45, 7) is 2.69. The fourth-order valence-electron chi connectivity index (χ4n) is 2.49. The van der Waals surface area contributed by atoms with Crippen LogP contribution in [0.2, 0.25) is 0 Å². The molecule has 5 heteroatoms. The summed E-state index contributed by atoms with van der Waals surface area (Å²) in [7, 11) is -1.37. The zero-order chi connectivity index (χ0) is 13.2. The van der Waals surface area contributed by atoms with E-state index >= 15 is 0 Å². The van der Waals surface area contributed by atoms with Crippen molar-refractivity contribution >= 4 is 15.7 Å². The molecule has 0 radical (unpaired) electrons. The molecule has 0 amide bonds. The molecule has 1 unspecified atom stereocenters. The van der Waals surface area contributed by atoms with Crippen LogP contribution in [-0.2, 0) is 16.4 Å². The number of hydrogen-bond donors (Lipinski definition) is 1. The first-order valence-electron chi connectivity index (χ1n) is 6.31. The molecule has 18 heavy (non-hydrogen) atoms. The van der Waals surface area contributed by atoms with Crippen LogP contribution in [0.3, 0.4) is 0 Å². The predicted octanol–water partition coefficient (Wildman–Crippen LogP) is 1.38. The van der Waals surface area contributed by atoms with Gasteiger partial charge in [0.05, 0.1) is 11.4 Å². The Kier molecular flexibility index (Phi) is 3.92. The van der Waals surface area contributed by atoms with Crippen LogP contribution in [0.1, 0.15) is 18.9 Å². The first-order chi connectivity index (χ1) is 8.56. The highest BCUT2D eigenvalue weighted by molar-refractivity contribution is 7.92. The Labute approximate surface area is 109 Å². The van der Waals surface area contributed by atoms with Crippen LogP contribution < -0.4 is 9.62 Å². The molecule has 1 atom stereocenters. The molecule has 2 rings (SSSR count). The third kappa shape index (κ3) is 2.52. The molecule has 1 aliphatic rings. The Balaban J connectivity index is 2.22. The van der Waals surface area contributed by atoms with Gasteiger partial charge in [-0.25, -0.2) is 8.42 Å². The van der Waals surface area contributed by atoms with Crippen molar-refractivity contribution in [3.63, 3.8) is 0 Å². The number of benzene rings is 1. The Morgan fingerprint density at radius 2 is 2.11 bits per heavy atom. The summed E-state index contributed by atoms with van der Waals surface area (Å²) in [4.78, 5) is 0. The number of nitrogens with zero attached hydrogens (tertiary/aromatic N) is 1. The highest BCUT2D eigenvalue weighted by Crippen LogP contribution is 2.34. The van der Waals surface area contributed by atoms with Crippen molar-refractivity contribution in [1.29, 1.82) is 0 Å². The zero-order valence-electron chi connectivity index (χ0n) is 10.9. The Hall–Kier alpha value is -1.07. The first kappa shape index (κ1) is 13.4. The molecule has 0 spiro atoms. The average Bonchev–Trinajstić information content (AvgIpc) is 2.65. The molecule has 0 aliphatic carbocycles. The number of anilines is 1. The number of para-hydroxylation sites is 1. The van der Waals surface area contributed by atoms with Crippen molar-refractivity contribution in [2.24, 2.45) is 0 Å². The van der Waals surface area contributed by atoms with Crippen LogP contribution in [0.15, 0.2) is 24.3 Å². The van der Waals surface area contributed by atoms with Gasteiger partial charge in [-0.05, 0) is 45.0 Å². The summed E-state index contributed by atoms with van der Waals surface area (Å²) in [5.41, 5.74) is 1.98. The maximum absolute atomic E-state index is 12.4. The van der Waals surface area contributed by atoms with Gasteiger partial charge in [-0.2, -0.15) is 0 Å². The second-order valence-corrected chi connectivity index (χ2v) is 6.72. The quantitative estimate of drug-likeness (QED) is 0.821. The Bertz CT molecular complexity index is 513. The van der Waals surface area contributed by atoms with Gasteiger partial charge in [0, 0.05) is 6.04 Å². The van der Waals surface area contributed by atoms with E-state index in [1.807, 2.05) is 38.2 Å². The van der Waals surface area contributed by atoms with Gasteiger partial charge in [0.15, 0.2) is 0 Å². The van der Waals surface area contributed by atoms with Crippen molar-refractivity contribution in [3.8, 4) is 0 Å². The molecule has 0 fully saturated rings. The monoisotopic (exact) mass is 268 g/mol. The first-order valence-corrected chi connectivity index (χ1v) is 7.92. The van der Waals surface area contributed by atoms with Crippen molar-refractivity contribution in [3.05, 3.63) is 29.8 Å². The minimum absolute atomic E-state index is 0.0296. The fraction of sp³-hybridized carbons (Fsp3) is 0.538. The molecule has 100 valence electrons. The van der Waals surface area contributed by atoms with E-state index < -0.39 is 10.0 Å². The van der Waals surface area contributed by atoms with E-state index in [4.69, 9.17) is 0 Å². The second-order valence-electron chi connectivity index (χ2n) is 4.75. The molecular weight excluding hydrogens is 248 g/mol. The molecule has 0 bridgehead atoms. The fourth-order valence-corrected chi connectivity index (χ4v) is 4.30. The zero-order valence-corrected chi connectivity index (χ0v) is 11.7. The van der Waals surface area contributed by atoms with Crippen molar-refractivity contribution in [2.45, 2.75) is 25.8 Å². The number of sulfonamides is 1. The number of hydrogen-bond acceptors (Lipinski definition) is 3. The number of fused-ring (bicyclic) bond motifs is 1. The lowest BCUT2D eigenvalue weighted by Crippen LogP contribution is -2.37. The maximum Gasteiger partial charge on any atom is 0.235 e. The van der Waals surface area contributed by atoms with Gasteiger partial charge in [-0.1, -0.05) is 18.2 Å². The van der Waals surface area contributed by atoms with E-state index in [-0.39, 0.29) is 11.8 Å². The van der Waals surface area contributed by atoms with Crippen molar-refractivity contribution in [2.75, 3.05) is 23.7 Å². The van der Waals surface area contributed by atoms with E-state index in [1.165, 1.54) is 0 Å². The van der Waals surface area contributed by atoms with Gasteiger partial charge >= 0.3 is 0 Å². The Morgan fingerprint density at radius 1 is 1.39 bits per heavy atom. The normalized spacial score (nSPS) is 19.0. The maximum atomic E-state index is 12.4. The summed E-state index contributed by atoms with van der Waals surface area (Å²) in [6.07, 6.45) is 1.45. The largest absolute Gasteiger partial charge is 0.320 e. The number of rotatable bonds is 5. The van der Waals surface area contributed by atoms with Crippen LogP contribution >= 0.6 is 0 Å². The smallest absolute Gasteiger partial charge is 0.235 e. The molecule has 1 aliphatic heterocycles. The minimum Gasteiger partial charge on any atom is -0.320 e. The SMILES string of the molecule is CNCCCS(=O)(=O)N1c2ccccc2CC1C. The van der Waals surface area contributed by atoms with Gasteiger partial charge in [0.25, 0.3) is 0 Å². The molecule has 4 nitrogen and oxygen atoms in total. The standard InChI is InChI=1S/C13H20N2O2S/c1-11-10-12-6-3-4-7-13(12)15(11)18(16,17)9-5-8-14-2/h3-4,6-7,11,14H,5,8-10H2,1-2H3. The minimum atomic E-state index is -3.20. The van der Waals surface area contributed by atoms with E-state index in [9.17, 15) is 8.42 Å². The molecule has 1 N–H and O–H groups in total. The van der Waals surface area contributed by atoms with Gasteiger partial charge in [0.1, 0.15) is 0 Å². The molecule has 1 aromatic carbocycles. The summed E-state index contributed by atoms with van der Waals surface area (Å²) in [5.74, 6) is 0.201. The van der Waals surface area contributed by atoms with E-state index in [0.29, 0.717) is 6.42 Å². The lowest BCUT2D eigenvalue weighted by atomic mass is 10.1. The van der Waals surface area contributed by atoms with Crippen LogP contribution in [0.4, 0.5) is 5.69 Å². The second kappa shape index (κ2) is 5.28. The lowest BCUT2D eigenvalue weighted by molar-refractivity contribution is 0.580. The van der Waals surface area contributed by atoms with Gasteiger partial charge in [-0.3, -0.25) is 4.31 Å². The molecule has 0 saturated carbocycles. The Morgan fingerprint density at radius 3 is 2.83 bits per heavy atom. The van der Waals surface area contributed by atoms with Gasteiger partial charge < -0.3 is 5.32 Å². The predicted molar refractivity (Wildman–Crippen MR) is 74.4 cm³/mol. The van der Waals surface area contributed by atoms with E-state index in [0.717, 1.165) is 24.2 Å². The van der Waals surface area contributed by atoms with Gasteiger partial charge in [-0.15, -0.1) is 0 Å². The van der Waals surface area contributed by atoms with Crippen molar-refractivity contribution in [1.82, 2.24) is 5.32 Å². The highest BCUT2D eigenvalue weighted by atomic mass is 32.2. The topological polar surface area (TPSA) is 49.4 Å². The van der Waals surface area contributed by atoms with Gasteiger partial charge in [0.2, 0.25) is 10.0 Å². The summed E-state index contributed by atoms with van der Waals surface area (Å²) >= 11 is 0. The summed E-state index contributed by atoms with van der Waals surface area (Å²) < 4.78 is 26.4. The number of nitrogens with one attached hydrogen (secondary N) is 1. The molecule has 1 aromatic rings. The molecule has 0 saturated heterocycles.